The van der Waals surface area contributed by atoms with Gasteiger partial charge < -0.3 is 0 Å². The largest absolute Gasteiger partial charge is 0.265 e. The molecule has 0 spiro atoms. The lowest BCUT2D eigenvalue weighted by Gasteiger charge is -2.35. The summed E-state index contributed by atoms with van der Waals surface area (Å²) >= 11 is 0. The van der Waals surface area contributed by atoms with E-state index in [-0.39, 0.29) is 0 Å². The zero-order valence-electron chi connectivity index (χ0n) is 12.0. The van der Waals surface area contributed by atoms with Gasteiger partial charge in [-0.3, -0.25) is 4.98 Å². The van der Waals surface area contributed by atoms with Crippen molar-refractivity contribution in [2.75, 3.05) is 0 Å². The lowest BCUT2D eigenvalue weighted by molar-refractivity contribution is 0.236. The molecule has 17 heavy (non-hydrogen) atoms. The van der Waals surface area contributed by atoms with Gasteiger partial charge in [0.25, 0.3) is 0 Å². The van der Waals surface area contributed by atoms with Crippen LogP contribution in [0, 0.1) is 11.3 Å². The van der Waals surface area contributed by atoms with Gasteiger partial charge >= 0.3 is 0 Å². The molecule has 2 unspecified atom stereocenters. The van der Waals surface area contributed by atoms with Crippen LogP contribution in [0.1, 0.15) is 65.4 Å². The van der Waals surface area contributed by atoms with E-state index in [1.54, 1.807) is 0 Å². The third-order valence-electron chi connectivity index (χ3n) is 4.30. The summed E-state index contributed by atoms with van der Waals surface area (Å²) in [6, 6.07) is 4.37. The van der Waals surface area contributed by atoms with Gasteiger partial charge in [-0.1, -0.05) is 47.5 Å². The lowest BCUT2D eigenvalue weighted by atomic mass is 9.69. The summed E-state index contributed by atoms with van der Waals surface area (Å²) in [4.78, 5) is 4.13. The van der Waals surface area contributed by atoms with Gasteiger partial charge in [-0.2, -0.15) is 0 Å². The van der Waals surface area contributed by atoms with E-state index in [0.717, 1.165) is 5.92 Å². The fourth-order valence-electron chi connectivity index (χ4n) is 2.32. The van der Waals surface area contributed by atoms with Crippen LogP contribution in [0.2, 0.25) is 0 Å². The van der Waals surface area contributed by atoms with Crippen molar-refractivity contribution >= 4 is 0 Å². The SMILES string of the molecule is CCC(C)CC(c1ccncc1)C(C)(C)CC. The fraction of sp³-hybridized carbons (Fsp3) is 0.688. The molecule has 1 nitrogen and oxygen atoms in total. The summed E-state index contributed by atoms with van der Waals surface area (Å²) in [6.45, 7) is 11.7. The highest BCUT2D eigenvalue weighted by Gasteiger charge is 2.29. The van der Waals surface area contributed by atoms with E-state index in [0.29, 0.717) is 11.3 Å². The first-order chi connectivity index (χ1) is 8.01. The Morgan fingerprint density at radius 3 is 2.24 bits per heavy atom. The molecule has 0 saturated carbocycles. The first-order valence-corrected chi connectivity index (χ1v) is 6.91. The van der Waals surface area contributed by atoms with Gasteiger partial charge in [0, 0.05) is 12.4 Å². The van der Waals surface area contributed by atoms with Crippen molar-refractivity contribution in [1.82, 2.24) is 4.98 Å². The second kappa shape index (κ2) is 6.18. The van der Waals surface area contributed by atoms with Gasteiger partial charge in [0.1, 0.15) is 0 Å². The van der Waals surface area contributed by atoms with Crippen molar-refractivity contribution < 1.29 is 0 Å². The number of pyridine rings is 1. The normalized spacial score (nSPS) is 15.6. The second-order valence-corrected chi connectivity index (χ2v) is 5.92. The van der Waals surface area contributed by atoms with Crippen LogP contribution in [0.3, 0.4) is 0 Å². The Morgan fingerprint density at radius 2 is 1.76 bits per heavy atom. The van der Waals surface area contributed by atoms with E-state index in [1.807, 2.05) is 12.4 Å². The molecule has 0 amide bonds. The van der Waals surface area contributed by atoms with E-state index in [4.69, 9.17) is 0 Å². The van der Waals surface area contributed by atoms with Gasteiger partial charge in [0.2, 0.25) is 0 Å². The zero-order chi connectivity index (χ0) is 12.9. The first kappa shape index (κ1) is 14.2. The predicted octanol–water partition coefficient (Wildman–Crippen LogP) is 5.04. The summed E-state index contributed by atoms with van der Waals surface area (Å²) in [5.41, 5.74) is 1.82. The quantitative estimate of drug-likeness (QED) is 0.671. The van der Waals surface area contributed by atoms with Crippen molar-refractivity contribution in [3.8, 4) is 0 Å². The molecule has 0 saturated heterocycles. The average Bonchev–Trinajstić information content (AvgIpc) is 2.36. The molecule has 1 heterocycles. The van der Waals surface area contributed by atoms with Crippen LogP contribution in [-0.4, -0.2) is 4.98 Å². The molecular weight excluding hydrogens is 206 g/mol. The molecule has 1 aromatic heterocycles. The minimum Gasteiger partial charge on any atom is -0.265 e. The van der Waals surface area contributed by atoms with Crippen LogP contribution >= 0.6 is 0 Å². The van der Waals surface area contributed by atoms with Crippen LogP contribution in [0.4, 0.5) is 0 Å². The Morgan fingerprint density at radius 1 is 1.18 bits per heavy atom. The van der Waals surface area contributed by atoms with E-state index in [2.05, 4.69) is 51.7 Å². The predicted molar refractivity (Wildman–Crippen MR) is 75.1 cm³/mol. The highest BCUT2D eigenvalue weighted by atomic mass is 14.6. The smallest absolute Gasteiger partial charge is 0.0270 e. The zero-order valence-corrected chi connectivity index (χ0v) is 12.0. The molecular formula is C16H27N. The number of hydrogen-bond acceptors (Lipinski definition) is 1. The Labute approximate surface area is 107 Å². The standard InChI is InChI=1S/C16H27N/c1-6-13(3)12-15(16(4,5)7-2)14-8-10-17-11-9-14/h8-11,13,15H,6-7,12H2,1-5H3. The van der Waals surface area contributed by atoms with Crippen molar-refractivity contribution in [2.45, 2.75) is 59.8 Å². The Hall–Kier alpha value is -0.850. The number of nitrogens with zero attached hydrogens (tertiary/aromatic N) is 1. The molecule has 2 atom stereocenters. The van der Waals surface area contributed by atoms with Crippen LogP contribution < -0.4 is 0 Å². The minimum atomic E-state index is 0.366. The number of rotatable bonds is 6. The molecule has 0 radical (unpaired) electrons. The molecule has 0 aliphatic heterocycles. The maximum absolute atomic E-state index is 4.13. The Bertz CT molecular complexity index is 316. The van der Waals surface area contributed by atoms with Gasteiger partial charge in [-0.25, -0.2) is 0 Å². The van der Waals surface area contributed by atoms with E-state index in [1.165, 1.54) is 24.8 Å². The molecule has 0 aromatic carbocycles. The van der Waals surface area contributed by atoms with Crippen molar-refractivity contribution in [2.24, 2.45) is 11.3 Å². The van der Waals surface area contributed by atoms with E-state index >= 15 is 0 Å². The van der Waals surface area contributed by atoms with Gasteiger partial charge in [0.05, 0.1) is 0 Å². The van der Waals surface area contributed by atoms with Gasteiger partial charge in [-0.05, 0) is 41.4 Å². The van der Waals surface area contributed by atoms with Crippen molar-refractivity contribution in [3.05, 3.63) is 30.1 Å². The maximum atomic E-state index is 4.13. The Kier molecular flexibility index (Phi) is 5.17. The number of aromatic nitrogens is 1. The third kappa shape index (κ3) is 3.83. The molecule has 1 rings (SSSR count). The van der Waals surface area contributed by atoms with Crippen LogP contribution in [-0.2, 0) is 0 Å². The molecule has 0 aliphatic rings. The third-order valence-corrected chi connectivity index (χ3v) is 4.30. The van der Waals surface area contributed by atoms with Gasteiger partial charge in [0.15, 0.2) is 0 Å². The molecule has 1 heteroatoms. The highest BCUT2D eigenvalue weighted by Crippen LogP contribution is 2.42. The monoisotopic (exact) mass is 233 g/mol. The van der Waals surface area contributed by atoms with Crippen LogP contribution in [0.25, 0.3) is 0 Å². The number of hydrogen-bond donors (Lipinski definition) is 0. The summed E-state index contributed by atoms with van der Waals surface area (Å²) < 4.78 is 0. The van der Waals surface area contributed by atoms with Gasteiger partial charge in [-0.15, -0.1) is 0 Å². The highest BCUT2D eigenvalue weighted by molar-refractivity contribution is 5.18. The van der Waals surface area contributed by atoms with E-state index in [9.17, 15) is 0 Å². The Balaban J connectivity index is 2.95. The second-order valence-electron chi connectivity index (χ2n) is 5.92. The molecule has 0 bridgehead atoms. The lowest BCUT2D eigenvalue weighted by Crippen LogP contribution is -2.23. The topological polar surface area (TPSA) is 12.9 Å². The molecule has 0 fully saturated rings. The molecule has 0 aliphatic carbocycles. The van der Waals surface area contributed by atoms with Crippen molar-refractivity contribution in [1.29, 1.82) is 0 Å². The molecule has 1 aromatic rings. The van der Waals surface area contributed by atoms with Crippen LogP contribution in [0.5, 0.6) is 0 Å². The molecule has 0 N–H and O–H groups in total. The fourth-order valence-corrected chi connectivity index (χ4v) is 2.32. The first-order valence-electron chi connectivity index (χ1n) is 6.91. The summed E-state index contributed by atoms with van der Waals surface area (Å²) in [5, 5.41) is 0. The molecule has 96 valence electrons. The summed E-state index contributed by atoms with van der Waals surface area (Å²) in [7, 11) is 0. The minimum absolute atomic E-state index is 0.366. The van der Waals surface area contributed by atoms with Crippen molar-refractivity contribution in [3.63, 3.8) is 0 Å². The maximum Gasteiger partial charge on any atom is 0.0270 e. The van der Waals surface area contributed by atoms with E-state index < -0.39 is 0 Å². The summed E-state index contributed by atoms with van der Waals surface area (Å²) in [6.07, 6.45) is 7.61. The average molecular weight is 233 g/mol. The summed E-state index contributed by atoms with van der Waals surface area (Å²) in [5.74, 6) is 1.43. The van der Waals surface area contributed by atoms with Crippen LogP contribution in [0.15, 0.2) is 24.5 Å².